The molecule has 1 aromatic rings. The fraction of sp³-hybridized carbons (Fsp3) is 0.500. The van der Waals surface area contributed by atoms with Crippen molar-refractivity contribution in [2.24, 2.45) is 0 Å². The summed E-state index contributed by atoms with van der Waals surface area (Å²) in [5.41, 5.74) is -0.412. The van der Waals surface area contributed by atoms with Crippen LogP contribution in [-0.2, 0) is 42.9 Å². The Morgan fingerprint density at radius 2 is 1.42 bits per heavy atom. The van der Waals surface area contributed by atoms with Gasteiger partial charge in [0.15, 0.2) is 18.0 Å². The summed E-state index contributed by atoms with van der Waals surface area (Å²) < 4.78 is 32.1. The Hall–Kier alpha value is -3.74. The molecule has 2 rings (SSSR count). The molecule has 180 valence electrons. The normalized spacial score (nSPS) is 24.2. The third-order valence-corrected chi connectivity index (χ3v) is 4.25. The Balaban J connectivity index is 2.51. The number of ether oxygens (including phenoxy) is 6. The highest BCUT2D eigenvalue weighted by atomic mass is 16.7. The van der Waals surface area contributed by atoms with Crippen LogP contribution >= 0.6 is 0 Å². The molecule has 5 atom stereocenters. The van der Waals surface area contributed by atoms with Crippen molar-refractivity contribution in [2.45, 2.75) is 58.4 Å². The van der Waals surface area contributed by atoms with Gasteiger partial charge in [0.1, 0.15) is 12.7 Å². The first kappa shape index (κ1) is 25.5. The first-order chi connectivity index (χ1) is 15.5. The van der Waals surface area contributed by atoms with E-state index in [1.807, 2.05) is 0 Å². The Bertz CT molecular complexity index is 916. The zero-order valence-electron chi connectivity index (χ0n) is 18.2. The number of para-hydroxylation sites is 2. The number of nitro benzene ring substituents is 1. The molecule has 0 spiro atoms. The zero-order valence-corrected chi connectivity index (χ0v) is 18.2. The van der Waals surface area contributed by atoms with Gasteiger partial charge in [-0.25, -0.2) is 0 Å². The van der Waals surface area contributed by atoms with E-state index in [4.69, 9.17) is 28.4 Å². The van der Waals surface area contributed by atoms with Crippen molar-refractivity contribution >= 4 is 29.6 Å². The van der Waals surface area contributed by atoms with Gasteiger partial charge in [-0.2, -0.15) is 0 Å². The minimum absolute atomic E-state index is 0.233. The quantitative estimate of drug-likeness (QED) is 0.230. The molecule has 0 unspecified atom stereocenters. The highest BCUT2D eigenvalue weighted by molar-refractivity contribution is 5.68. The Morgan fingerprint density at radius 1 is 0.879 bits per heavy atom. The van der Waals surface area contributed by atoms with Crippen LogP contribution in [0.25, 0.3) is 0 Å². The number of esters is 4. The van der Waals surface area contributed by atoms with Gasteiger partial charge in [0.25, 0.3) is 0 Å². The standard InChI is InChI=1S/C20H23NO12/c1-10(22)28-9-16-17(29-11(2)23)18(30-12(3)24)19(31-13(4)25)20(33-16)32-15-8-6-5-7-14(15)21(26)27/h5-8,16-20H,9H2,1-4H3/t16-,17-,18+,19+,20+/m0/s1. The van der Waals surface area contributed by atoms with E-state index in [0.717, 1.165) is 27.7 Å². The van der Waals surface area contributed by atoms with Crippen LogP contribution in [0.4, 0.5) is 5.69 Å². The molecule has 0 bridgehead atoms. The van der Waals surface area contributed by atoms with Crippen LogP contribution in [0.15, 0.2) is 24.3 Å². The van der Waals surface area contributed by atoms with Crippen molar-refractivity contribution in [3.8, 4) is 5.75 Å². The molecule has 1 aliphatic rings. The number of nitrogens with zero attached hydrogens (tertiary/aromatic N) is 1. The van der Waals surface area contributed by atoms with Crippen LogP contribution in [0, 0.1) is 10.1 Å². The monoisotopic (exact) mass is 469 g/mol. The SMILES string of the molecule is CC(=O)OC[C@@H]1O[C@@H](Oc2ccccc2[N+](=O)[O-])[C@H](OC(C)=O)[C@H](OC(C)=O)[C@H]1OC(C)=O. The first-order valence-corrected chi connectivity index (χ1v) is 9.70. The number of hydrogen-bond acceptors (Lipinski definition) is 12. The van der Waals surface area contributed by atoms with Gasteiger partial charge in [-0.1, -0.05) is 12.1 Å². The molecule has 0 aliphatic carbocycles. The highest BCUT2D eigenvalue weighted by Gasteiger charge is 2.53. The fourth-order valence-corrected chi connectivity index (χ4v) is 3.12. The third-order valence-electron chi connectivity index (χ3n) is 4.25. The molecule has 1 saturated heterocycles. The van der Waals surface area contributed by atoms with Gasteiger partial charge in [-0.15, -0.1) is 0 Å². The second kappa shape index (κ2) is 11.2. The molecule has 1 heterocycles. The zero-order chi connectivity index (χ0) is 24.7. The lowest BCUT2D eigenvalue weighted by Gasteiger charge is -2.43. The molecule has 13 nitrogen and oxygen atoms in total. The lowest BCUT2D eigenvalue weighted by molar-refractivity contribution is -0.387. The maximum absolute atomic E-state index is 11.8. The molecule has 0 radical (unpaired) electrons. The molecule has 0 saturated carbocycles. The summed E-state index contributed by atoms with van der Waals surface area (Å²) in [6.45, 7) is 3.91. The molecule has 0 aromatic heterocycles. The minimum atomic E-state index is -1.56. The predicted molar refractivity (Wildman–Crippen MR) is 106 cm³/mol. The van der Waals surface area contributed by atoms with Gasteiger partial charge in [-0.05, 0) is 6.07 Å². The molecular formula is C20H23NO12. The molecule has 1 aliphatic heterocycles. The number of rotatable bonds is 8. The lowest BCUT2D eigenvalue weighted by atomic mass is 9.98. The van der Waals surface area contributed by atoms with Crippen molar-refractivity contribution in [3.05, 3.63) is 34.4 Å². The predicted octanol–water partition coefficient (Wildman–Crippen LogP) is 1.06. The van der Waals surface area contributed by atoms with Crippen LogP contribution in [0.1, 0.15) is 27.7 Å². The first-order valence-electron chi connectivity index (χ1n) is 9.70. The molecule has 0 N–H and O–H groups in total. The third kappa shape index (κ3) is 7.14. The summed E-state index contributed by atoms with van der Waals surface area (Å²) in [7, 11) is 0. The number of nitro groups is 1. The lowest BCUT2D eigenvalue weighted by Crippen LogP contribution is -2.63. The number of carbonyl (C=O) groups excluding carboxylic acids is 4. The van der Waals surface area contributed by atoms with Crippen molar-refractivity contribution in [1.82, 2.24) is 0 Å². The van der Waals surface area contributed by atoms with Crippen molar-refractivity contribution in [1.29, 1.82) is 0 Å². The van der Waals surface area contributed by atoms with Gasteiger partial charge >= 0.3 is 29.6 Å². The molecule has 33 heavy (non-hydrogen) atoms. The maximum atomic E-state index is 11.8. The van der Waals surface area contributed by atoms with Crippen molar-refractivity contribution in [2.75, 3.05) is 6.61 Å². The van der Waals surface area contributed by atoms with Gasteiger partial charge in [0.05, 0.1) is 4.92 Å². The van der Waals surface area contributed by atoms with Crippen LogP contribution in [0.3, 0.4) is 0 Å². The van der Waals surface area contributed by atoms with E-state index in [-0.39, 0.29) is 5.75 Å². The van der Waals surface area contributed by atoms with E-state index in [9.17, 15) is 29.3 Å². The second-order valence-corrected chi connectivity index (χ2v) is 6.91. The van der Waals surface area contributed by atoms with Gasteiger partial charge in [0.2, 0.25) is 12.4 Å². The van der Waals surface area contributed by atoms with Crippen LogP contribution in [-0.4, -0.2) is 66.1 Å². The largest absolute Gasteiger partial charge is 0.463 e. The Kier molecular flexibility index (Phi) is 8.68. The van der Waals surface area contributed by atoms with Gasteiger partial charge in [-0.3, -0.25) is 29.3 Å². The summed E-state index contributed by atoms with van der Waals surface area (Å²) in [6.07, 6.45) is -7.10. The number of benzene rings is 1. The summed E-state index contributed by atoms with van der Waals surface area (Å²) in [5, 5.41) is 11.4. The molecule has 0 amide bonds. The smallest absolute Gasteiger partial charge is 0.311 e. The van der Waals surface area contributed by atoms with E-state index in [1.165, 1.54) is 24.3 Å². The summed E-state index contributed by atoms with van der Waals surface area (Å²) in [4.78, 5) is 57.3. The van der Waals surface area contributed by atoms with Crippen molar-refractivity contribution in [3.63, 3.8) is 0 Å². The van der Waals surface area contributed by atoms with Gasteiger partial charge < -0.3 is 28.4 Å². The van der Waals surface area contributed by atoms with Crippen LogP contribution in [0.2, 0.25) is 0 Å². The van der Waals surface area contributed by atoms with E-state index < -0.39 is 71.8 Å². The summed E-state index contributed by atoms with van der Waals surface area (Å²) >= 11 is 0. The molecule has 1 fully saturated rings. The number of hydrogen-bond donors (Lipinski definition) is 0. The summed E-state index contributed by atoms with van der Waals surface area (Å²) in [6, 6.07) is 5.35. The fourth-order valence-electron chi connectivity index (χ4n) is 3.12. The topological polar surface area (TPSA) is 167 Å². The average Bonchev–Trinajstić information content (AvgIpc) is 2.70. The van der Waals surface area contributed by atoms with Crippen LogP contribution < -0.4 is 4.74 Å². The average molecular weight is 469 g/mol. The highest BCUT2D eigenvalue weighted by Crippen LogP contribution is 2.34. The second-order valence-electron chi connectivity index (χ2n) is 6.91. The number of carbonyl (C=O) groups is 4. The summed E-state index contributed by atoms with van der Waals surface area (Å²) in [5.74, 6) is -3.33. The van der Waals surface area contributed by atoms with E-state index >= 15 is 0 Å². The van der Waals surface area contributed by atoms with E-state index in [1.54, 1.807) is 0 Å². The molecule has 1 aromatic carbocycles. The molecular weight excluding hydrogens is 446 g/mol. The Labute approximate surface area is 188 Å². The minimum Gasteiger partial charge on any atom is -0.463 e. The van der Waals surface area contributed by atoms with E-state index in [0.29, 0.717) is 0 Å². The van der Waals surface area contributed by atoms with Crippen molar-refractivity contribution < 1.29 is 52.5 Å². The molecule has 13 heteroatoms. The Morgan fingerprint density at radius 3 is 1.97 bits per heavy atom. The van der Waals surface area contributed by atoms with E-state index in [2.05, 4.69) is 0 Å². The maximum Gasteiger partial charge on any atom is 0.311 e. The van der Waals surface area contributed by atoms with Gasteiger partial charge in [0, 0.05) is 33.8 Å². The van der Waals surface area contributed by atoms with Crippen LogP contribution in [0.5, 0.6) is 5.75 Å².